The van der Waals surface area contributed by atoms with Crippen molar-refractivity contribution >= 4 is 12.0 Å². The van der Waals surface area contributed by atoms with Crippen LogP contribution in [0, 0.1) is 0 Å². The van der Waals surface area contributed by atoms with Crippen LogP contribution in [0.3, 0.4) is 0 Å². The first-order chi connectivity index (χ1) is 8.54. The molecule has 2 N–H and O–H groups in total. The van der Waals surface area contributed by atoms with Gasteiger partial charge in [-0.25, -0.2) is 9.59 Å². The maximum Gasteiger partial charge on any atom is 0.356 e. The largest absolute Gasteiger partial charge is 0.476 e. The van der Waals surface area contributed by atoms with Gasteiger partial charge in [-0.2, -0.15) is 5.10 Å². The Morgan fingerprint density at radius 2 is 2.22 bits per heavy atom. The number of carboxylic acid groups (broad SMARTS) is 1. The number of carboxylic acids is 1. The van der Waals surface area contributed by atoms with Crippen molar-refractivity contribution in [2.75, 3.05) is 13.1 Å². The Hall–Kier alpha value is -2.05. The molecule has 0 radical (unpaired) electrons. The highest BCUT2D eigenvalue weighted by atomic mass is 16.4. The summed E-state index contributed by atoms with van der Waals surface area (Å²) in [6.45, 7) is 3.29. The summed E-state index contributed by atoms with van der Waals surface area (Å²) in [5.41, 5.74) is 1.58. The number of carbonyl (C=O) groups excluding carboxylic acids is 1. The zero-order chi connectivity index (χ0) is 13.3. The zero-order valence-electron chi connectivity index (χ0n) is 10.4. The second kappa shape index (κ2) is 4.67. The highest BCUT2D eigenvalue weighted by Crippen LogP contribution is 2.22. The maximum absolute atomic E-state index is 11.7. The predicted octanol–water partition coefficient (Wildman–Crippen LogP) is 0.206. The summed E-state index contributed by atoms with van der Waals surface area (Å²) in [6.07, 6.45) is 0.628. The molecule has 1 aliphatic heterocycles. The van der Waals surface area contributed by atoms with Crippen LogP contribution in [0.15, 0.2) is 0 Å². The average Bonchev–Trinajstić information content (AvgIpc) is 2.67. The molecule has 0 spiro atoms. The van der Waals surface area contributed by atoms with Crippen molar-refractivity contribution in [3.8, 4) is 0 Å². The molecule has 2 amide bonds. The van der Waals surface area contributed by atoms with E-state index in [1.807, 2.05) is 6.92 Å². The zero-order valence-corrected chi connectivity index (χ0v) is 10.4. The van der Waals surface area contributed by atoms with Gasteiger partial charge in [-0.1, -0.05) is 0 Å². The molecule has 0 saturated carbocycles. The van der Waals surface area contributed by atoms with Crippen LogP contribution in [0.25, 0.3) is 0 Å². The number of hydrogen-bond acceptors (Lipinski definition) is 3. The minimum Gasteiger partial charge on any atom is -0.476 e. The molecule has 0 aromatic carbocycles. The number of rotatable bonds is 2. The molecule has 18 heavy (non-hydrogen) atoms. The van der Waals surface area contributed by atoms with E-state index in [0.717, 1.165) is 5.69 Å². The third-order valence-electron chi connectivity index (χ3n) is 3.06. The molecule has 0 unspecified atom stereocenters. The van der Waals surface area contributed by atoms with Crippen molar-refractivity contribution in [3.05, 3.63) is 17.0 Å². The van der Waals surface area contributed by atoms with Crippen molar-refractivity contribution in [3.63, 3.8) is 0 Å². The Kier molecular flexibility index (Phi) is 3.22. The topological polar surface area (TPSA) is 87.5 Å². The van der Waals surface area contributed by atoms with Gasteiger partial charge in [0.25, 0.3) is 0 Å². The Balaban J connectivity index is 2.27. The van der Waals surface area contributed by atoms with Crippen LogP contribution in [0.4, 0.5) is 4.79 Å². The van der Waals surface area contributed by atoms with Gasteiger partial charge in [-0.3, -0.25) is 4.68 Å². The van der Waals surface area contributed by atoms with Gasteiger partial charge in [0.1, 0.15) is 0 Å². The van der Waals surface area contributed by atoms with Crippen LogP contribution >= 0.6 is 0 Å². The van der Waals surface area contributed by atoms with Crippen molar-refractivity contribution < 1.29 is 14.7 Å². The molecule has 0 atom stereocenters. The number of nitrogens with one attached hydrogen (secondary N) is 1. The SMILES string of the molecule is CCNC(=O)N1CCc2c(c(C(=O)O)nn2C)C1. The normalized spacial score (nSPS) is 14.2. The Morgan fingerprint density at radius 1 is 1.50 bits per heavy atom. The van der Waals surface area contributed by atoms with Crippen LogP contribution in [-0.4, -0.2) is 44.9 Å². The standard InChI is InChI=1S/C11H16N4O3/c1-3-12-11(18)15-5-4-8-7(6-15)9(10(16)17)13-14(8)2/h3-6H2,1-2H3,(H,12,18)(H,16,17). The van der Waals surface area contributed by atoms with E-state index >= 15 is 0 Å². The summed E-state index contributed by atoms with van der Waals surface area (Å²) < 4.78 is 1.59. The van der Waals surface area contributed by atoms with Crippen molar-refractivity contribution in [1.82, 2.24) is 20.0 Å². The highest BCUT2D eigenvalue weighted by Gasteiger charge is 2.28. The van der Waals surface area contributed by atoms with Gasteiger partial charge in [-0.05, 0) is 6.92 Å². The number of fused-ring (bicyclic) bond motifs is 1. The molecule has 1 aromatic rings. The molecule has 2 heterocycles. The van der Waals surface area contributed by atoms with Crippen molar-refractivity contribution in [2.24, 2.45) is 7.05 Å². The first kappa shape index (κ1) is 12.4. The quantitative estimate of drug-likeness (QED) is 0.787. The minimum atomic E-state index is -1.05. The lowest BCUT2D eigenvalue weighted by Gasteiger charge is -2.27. The van der Waals surface area contributed by atoms with E-state index in [9.17, 15) is 9.59 Å². The molecule has 0 saturated heterocycles. The second-order valence-corrected chi connectivity index (χ2v) is 4.21. The van der Waals surface area contributed by atoms with Gasteiger partial charge in [0, 0.05) is 37.8 Å². The van der Waals surface area contributed by atoms with Gasteiger partial charge in [-0.15, -0.1) is 0 Å². The van der Waals surface area contributed by atoms with Gasteiger partial charge < -0.3 is 15.3 Å². The summed E-state index contributed by atoms with van der Waals surface area (Å²) in [4.78, 5) is 24.4. The Bertz CT molecular complexity index is 495. The lowest BCUT2D eigenvalue weighted by molar-refractivity contribution is 0.0687. The lowest BCUT2D eigenvalue weighted by Crippen LogP contribution is -2.43. The molecular formula is C11H16N4O3. The minimum absolute atomic E-state index is 0.0431. The molecule has 0 aliphatic carbocycles. The molecule has 98 valence electrons. The smallest absolute Gasteiger partial charge is 0.356 e. The number of amides is 2. The Morgan fingerprint density at radius 3 is 2.83 bits per heavy atom. The van der Waals surface area contributed by atoms with Crippen molar-refractivity contribution in [2.45, 2.75) is 19.9 Å². The maximum atomic E-state index is 11.7. The summed E-state index contributed by atoms with van der Waals surface area (Å²) in [5.74, 6) is -1.05. The number of nitrogens with zero attached hydrogens (tertiary/aromatic N) is 3. The molecule has 1 aliphatic rings. The average molecular weight is 252 g/mol. The third kappa shape index (κ3) is 2.03. The van der Waals surface area contributed by atoms with E-state index in [1.165, 1.54) is 0 Å². The number of aryl methyl sites for hydroxylation is 1. The van der Waals surface area contributed by atoms with Crippen LogP contribution in [0.1, 0.15) is 28.7 Å². The molecule has 7 heteroatoms. The number of aromatic nitrogens is 2. The molecule has 1 aromatic heterocycles. The summed E-state index contributed by atoms with van der Waals surface area (Å²) in [7, 11) is 1.73. The fraction of sp³-hybridized carbons (Fsp3) is 0.545. The monoisotopic (exact) mass is 252 g/mol. The van der Waals surface area contributed by atoms with E-state index in [2.05, 4.69) is 10.4 Å². The van der Waals surface area contributed by atoms with E-state index in [4.69, 9.17) is 5.11 Å². The van der Waals surface area contributed by atoms with E-state index in [0.29, 0.717) is 31.6 Å². The first-order valence-electron chi connectivity index (χ1n) is 5.85. The molecule has 7 nitrogen and oxygen atoms in total. The summed E-state index contributed by atoms with van der Waals surface area (Å²) in [6, 6.07) is -0.164. The van der Waals surface area contributed by atoms with Gasteiger partial charge >= 0.3 is 12.0 Å². The van der Waals surface area contributed by atoms with Crippen LogP contribution < -0.4 is 5.32 Å². The van der Waals surface area contributed by atoms with Gasteiger partial charge in [0.2, 0.25) is 0 Å². The summed E-state index contributed by atoms with van der Waals surface area (Å²) >= 11 is 0. The fourth-order valence-corrected chi connectivity index (χ4v) is 2.20. The predicted molar refractivity (Wildman–Crippen MR) is 63.4 cm³/mol. The third-order valence-corrected chi connectivity index (χ3v) is 3.06. The summed E-state index contributed by atoms with van der Waals surface area (Å²) in [5, 5.41) is 15.8. The van der Waals surface area contributed by atoms with E-state index in [1.54, 1.807) is 16.6 Å². The fourth-order valence-electron chi connectivity index (χ4n) is 2.20. The molecule has 0 fully saturated rings. The van der Waals surface area contributed by atoms with Crippen LogP contribution in [0.5, 0.6) is 0 Å². The number of urea groups is 1. The van der Waals surface area contributed by atoms with Gasteiger partial charge in [0.15, 0.2) is 5.69 Å². The number of carbonyl (C=O) groups is 2. The van der Waals surface area contributed by atoms with Crippen LogP contribution in [-0.2, 0) is 20.0 Å². The highest BCUT2D eigenvalue weighted by molar-refractivity contribution is 5.87. The Labute approximate surface area is 104 Å². The lowest BCUT2D eigenvalue weighted by atomic mass is 10.1. The second-order valence-electron chi connectivity index (χ2n) is 4.21. The van der Waals surface area contributed by atoms with Gasteiger partial charge in [0.05, 0.1) is 6.54 Å². The number of aromatic carboxylic acids is 1. The van der Waals surface area contributed by atoms with Crippen molar-refractivity contribution in [1.29, 1.82) is 0 Å². The molecule has 2 rings (SSSR count). The number of hydrogen-bond donors (Lipinski definition) is 2. The molecular weight excluding hydrogens is 236 g/mol. The first-order valence-corrected chi connectivity index (χ1v) is 5.85. The molecule has 0 bridgehead atoms. The van der Waals surface area contributed by atoms with E-state index < -0.39 is 5.97 Å². The van der Waals surface area contributed by atoms with Crippen LogP contribution in [0.2, 0.25) is 0 Å². The van der Waals surface area contributed by atoms with E-state index in [-0.39, 0.29) is 11.7 Å².